The summed E-state index contributed by atoms with van der Waals surface area (Å²) >= 11 is 1.90. The predicted octanol–water partition coefficient (Wildman–Crippen LogP) is 1.23. The van der Waals surface area contributed by atoms with Gasteiger partial charge in [0.05, 0.1) is 16.3 Å². The monoisotopic (exact) mass is 467 g/mol. The fourth-order valence-electron chi connectivity index (χ4n) is 2.42. The Bertz CT molecular complexity index is 667. The maximum absolute atomic E-state index is 12.2. The smallest absolute Gasteiger partial charge is 0.412 e. The van der Waals surface area contributed by atoms with Gasteiger partial charge in [-0.1, -0.05) is 19.8 Å². The molecule has 3 N–H and O–H groups in total. The van der Waals surface area contributed by atoms with E-state index >= 15 is 0 Å². The number of anilines is 1. The number of nitrogens with zero attached hydrogens (tertiary/aromatic N) is 2. The highest BCUT2D eigenvalue weighted by molar-refractivity contribution is 14.1. The van der Waals surface area contributed by atoms with Gasteiger partial charge in [-0.05, 0) is 35.9 Å². The molecule has 2 rings (SSSR count). The fraction of sp³-hybridized carbons (Fsp3) is 0.667. The first-order valence-electron chi connectivity index (χ1n) is 8.09. The van der Waals surface area contributed by atoms with E-state index in [1.165, 1.54) is 6.20 Å². The number of hydrogen-bond acceptors (Lipinski definition) is 7. The first-order valence-corrected chi connectivity index (χ1v) is 9.17. The number of nitrogens with one attached hydrogen (secondary N) is 1. The van der Waals surface area contributed by atoms with Crippen LogP contribution in [0.25, 0.3) is 0 Å². The zero-order chi connectivity index (χ0) is 18.6. The van der Waals surface area contributed by atoms with Gasteiger partial charge in [-0.25, -0.2) is 9.59 Å². The van der Waals surface area contributed by atoms with Crippen LogP contribution in [0, 0.1) is 3.57 Å². The molecule has 2 heterocycles. The zero-order valence-corrected chi connectivity index (χ0v) is 16.2. The number of aliphatic hydroxyl groups excluding tert-OH is 2. The van der Waals surface area contributed by atoms with Gasteiger partial charge in [0.1, 0.15) is 12.2 Å². The van der Waals surface area contributed by atoms with Crippen molar-refractivity contribution in [1.82, 2.24) is 9.55 Å². The molecule has 0 aliphatic carbocycles. The van der Waals surface area contributed by atoms with Crippen molar-refractivity contribution >= 4 is 34.5 Å². The molecule has 2 unspecified atom stereocenters. The number of amides is 1. The minimum absolute atomic E-state index is 0.0726. The van der Waals surface area contributed by atoms with Crippen LogP contribution in [0.15, 0.2) is 11.0 Å². The van der Waals surface area contributed by atoms with Crippen molar-refractivity contribution in [2.24, 2.45) is 0 Å². The SMILES string of the molecule is CCCCCOC(=O)Nc1nc(=O)n([C@@H]2O[C@H](C)C(O)C2O)cc1I. The normalized spacial score (nSPS) is 25.8. The Balaban J connectivity index is 2.07. The highest BCUT2D eigenvalue weighted by Gasteiger charge is 2.42. The Morgan fingerprint density at radius 2 is 2.16 bits per heavy atom. The Morgan fingerprint density at radius 1 is 1.44 bits per heavy atom. The highest BCUT2D eigenvalue weighted by atomic mass is 127. The van der Waals surface area contributed by atoms with Crippen molar-refractivity contribution in [3.63, 3.8) is 0 Å². The van der Waals surface area contributed by atoms with Gasteiger partial charge in [0.2, 0.25) is 0 Å². The van der Waals surface area contributed by atoms with Crippen LogP contribution < -0.4 is 11.0 Å². The van der Waals surface area contributed by atoms with E-state index in [9.17, 15) is 19.8 Å². The maximum Gasteiger partial charge on any atom is 0.412 e. The standard InChI is InChI=1S/C15H22IN3O6/c1-3-4-5-6-24-15(23)18-12-9(16)7-19(14(22)17-12)13-11(21)10(20)8(2)25-13/h7-8,10-11,13,20-21H,3-6H2,1-2H3,(H,17,18,22,23)/t8-,10?,11?,13-/m1/s1. The van der Waals surface area contributed by atoms with Gasteiger partial charge >= 0.3 is 11.8 Å². The lowest BCUT2D eigenvalue weighted by molar-refractivity contribution is -0.0351. The van der Waals surface area contributed by atoms with Crippen molar-refractivity contribution in [2.45, 2.75) is 57.6 Å². The molecule has 0 bridgehead atoms. The largest absolute Gasteiger partial charge is 0.449 e. The molecule has 1 amide bonds. The van der Waals surface area contributed by atoms with Crippen LogP contribution in [-0.4, -0.2) is 50.8 Å². The summed E-state index contributed by atoms with van der Waals surface area (Å²) < 4.78 is 12.0. The average molecular weight is 467 g/mol. The van der Waals surface area contributed by atoms with E-state index in [0.717, 1.165) is 23.8 Å². The summed E-state index contributed by atoms with van der Waals surface area (Å²) in [6, 6.07) is 0. The number of carbonyl (C=O) groups excluding carboxylic acids is 1. The third kappa shape index (κ3) is 4.90. The van der Waals surface area contributed by atoms with Crippen LogP contribution in [-0.2, 0) is 9.47 Å². The minimum Gasteiger partial charge on any atom is -0.449 e. The summed E-state index contributed by atoms with van der Waals surface area (Å²) in [5, 5.41) is 22.2. The lowest BCUT2D eigenvalue weighted by atomic mass is 10.1. The number of hydrogen-bond donors (Lipinski definition) is 3. The Labute approximate surface area is 158 Å². The summed E-state index contributed by atoms with van der Waals surface area (Å²) in [7, 11) is 0. The van der Waals surface area contributed by atoms with Gasteiger partial charge < -0.3 is 19.7 Å². The number of aliphatic hydroxyl groups is 2. The molecule has 10 heteroatoms. The molecular weight excluding hydrogens is 445 g/mol. The Morgan fingerprint density at radius 3 is 2.76 bits per heavy atom. The predicted molar refractivity (Wildman–Crippen MR) is 97.3 cm³/mol. The molecule has 1 aromatic rings. The number of halogens is 1. The first kappa shape index (κ1) is 20.1. The van der Waals surface area contributed by atoms with Crippen LogP contribution in [0.5, 0.6) is 0 Å². The maximum atomic E-state index is 12.2. The molecule has 1 saturated heterocycles. The lowest BCUT2D eigenvalue weighted by Gasteiger charge is -2.18. The lowest BCUT2D eigenvalue weighted by Crippen LogP contribution is -2.36. The van der Waals surface area contributed by atoms with E-state index in [4.69, 9.17) is 9.47 Å². The zero-order valence-electron chi connectivity index (χ0n) is 14.0. The van der Waals surface area contributed by atoms with Gasteiger partial charge in [-0.2, -0.15) is 4.98 Å². The minimum atomic E-state index is -1.24. The van der Waals surface area contributed by atoms with Crippen LogP contribution >= 0.6 is 22.6 Å². The van der Waals surface area contributed by atoms with Crippen molar-refractivity contribution in [2.75, 3.05) is 11.9 Å². The molecule has 0 spiro atoms. The molecule has 1 aromatic heterocycles. The van der Waals surface area contributed by atoms with Crippen molar-refractivity contribution in [3.05, 3.63) is 20.3 Å². The van der Waals surface area contributed by atoms with Gasteiger partial charge in [-0.3, -0.25) is 9.88 Å². The Kier molecular flexibility index (Phi) is 7.16. The quantitative estimate of drug-likeness (QED) is 0.425. The van der Waals surface area contributed by atoms with Crippen LogP contribution in [0.1, 0.15) is 39.3 Å². The summed E-state index contributed by atoms with van der Waals surface area (Å²) in [6.45, 7) is 3.94. The summed E-state index contributed by atoms with van der Waals surface area (Å²) in [5.74, 6) is 0.0726. The molecule has 0 saturated carbocycles. The van der Waals surface area contributed by atoms with E-state index in [1.54, 1.807) is 6.92 Å². The molecule has 0 aromatic carbocycles. The van der Waals surface area contributed by atoms with Crippen LogP contribution in [0.3, 0.4) is 0 Å². The van der Waals surface area contributed by atoms with E-state index in [-0.39, 0.29) is 5.82 Å². The van der Waals surface area contributed by atoms with E-state index < -0.39 is 36.3 Å². The summed E-state index contributed by atoms with van der Waals surface area (Å²) in [5.41, 5.74) is -0.716. The number of unbranched alkanes of at least 4 members (excludes halogenated alkanes) is 2. The average Bonchev–Trinajstić information content (AvgIpc) is 2.82. The first-order chi connectivity index (χ1) is 11.8. The second-order valence-electron chi connectivity index (χ2n) is 5.81. The van der Waals surface area contributed by atoms with Gasteiger partial charge in [0.15, 0.2) is 12.0 Å². The third-order valence-corrected chi connectivity index (χ3v) is 4.65. The number of aromatic nitrogens is 2. The van der Waals surface area contributed by atoms with Gasteiger partial charge in [0.25, 0.3) is 0 Å². The number of carbonyl (C=O) groups is 1. The molecule has 9 nitrogen and oxygen atoms in total. The van der Waals surface area contributed by atoms with E-state index in [2.05, 4.69) is 10.3 Å². The third-order valence-electron chi connectivity index (χ3n) is 3.86. The highest BCUT2D eigenvalue weighted by Crippen LogP contribution is 2.28. The summed E-state index contributed by atoms with van der Waals surface area (Å²) in [6.07, 6.45) is -0.501. The molecule has 1 fully saturated rings. The molecule has 140 valence electrons. The van der Waals surface area contributed by atoms with Crippen LogP contribution in [0.4, 0.5) is 10.6 Å². The molecule has 0 radical (unpaired) electrons. The van der Waals surface area contributed by atoms with Crippen molar-refractivity contribution in [3.8, 4) is 0 Å². The molecular formula is C15H22IN3O6. The fourth-order valence-corrected chi connectivity index (χ4v) is 2.98. The summed E-state index contributed by atoms with van der Waals surface area (Å²) in [4.78, 5) is 27.7. The van der Waals surface area contributed by atoms with Gasteiger partial charge in [-0.15, -0.1) is 0 Å². The number of rotatable bonds is 6. The van der Waals surface area contributed by atoms with Crippen molar-refractivity contribution < 1.29 is 24.5 Å². The second kappa shape index (κ2) is 8.92. The van der Waals surface area contributed by atoms with E-state index in [0.29, 0.717) is 10.2 Å². The van der Waals surface area contributed by atoms with Gasteiger partial charge in [0, 0.05) is 6.20 Å². The van der Waals surface area contributed by atoms with Crippen molar-refractivity contribution in [1.29, 1.82) is 0 Å². The van der Waals surface area contributed by atoms with Crippen LogP contribution in [0.2, 0.25) is 0 Å². The van der Waals surface area contributed by atoms with E-state index in [1.807, 2.05) is 29.5 Å². The number of ether oxygens (including phenoxy) is 2. The topological polar surface area (TPSA) is 123 Å². The second-order valence-corrected chi connectivity index (χ2v) is 6.97. The molecule has 25 heavy (non-hydrogen) atoms. The molecule has 1 aliphatic rings. The molecule has 4 atom stereocenters. The molecule has 1 aliphatic heterocycles. The Hall–Kier alpha value is -1.24.